The number of nitrogens with zero attached hydrogens (tertiary/aromatic N) is 1. The summed E-state index contributed by atoms with van der Waals surface area (Å²) in [6.07, 6.45) is 1.78. The lowest BCUT2D eigenvalue weighted by Gasteiger charge is -2.16. The van der Waals surface area contributed by atoms with E-state index in [2.05, 4.69) is 5.32 Å². The van der Waals surface area contributed by atoms with E-state index in [0.29, 0.717) is 24.5 Å². The largest absolute Gasteiger partial charge is 0.497 e. The first-order chi connectivity index (χ1) is 13.5. The number of ether oxygens (including phenoxy) is 1. The van der Waals surface area contributed by atoms with Crippen LogP contribution in [0.25, 0.3) is 0 Å². The summed E-state index contributed by atoms with van der Waals surface area (Å²) in [7, 11) is -1.87. The zero-order valence-electron chi connectivity index (χ0n) is 15.8. The van der Waals surface area contributed by atoms with Crippen LogP contribution < -0.4 is 10.1 Å². The van der Waals surface area contributed by atoms with E-state index in [9.17, 15) is 13.2 Å². The number of nitrogens with one attached hydrogen (secondary N) is 1. The predicted octanol–water partition coefficient (Wildman–Crippen LogP) is 3.35. The minimum Gasteiger partial charge on any atom is -0.497 e. The fourth-order valence-electron chi connectivity index (χ4n) is 3.03. The van der Waals surface area contributed by atoms with Crippen molar-refractivity contribution >= 4 is 33.4 Å². The highest BCUT2D eigenvalue weighted by molar-refractivity contribution is 7.99. The van der Waals surface area contributed by atoms with E-state index in [1.54, 1.807) is 25.3 Å². The highest BCUT2D eigenvalue weighted by Gasteiger charge is 2.27. The maximum atomic E-state index is 12.7. The molecule has 150 valence electrons. The van der Waals surface area contributed by atoms with Crippen LogP contribution in [0.15, 0.2) is 53.4 Å². The van der Waals surface area contributed by atoms with Crippen LogP contribution in [0.4, 0.5) is 5.69 Å². The molecule has 1 amide bonds. The Hall–Kier alpha value is -2.03. The van der Waals surface area contributed by atoms with Crippen molar-refractivity contribution in [3.63, 3.8) is 0 Å². The molecule has 0 radical (unpaired) electrons. The highest BCUT2D eigenvalue weighted by Crippen LogP contribution is 2.23. The van der Waals surface area contributed by atoms with Crippen molar-refractivity contribution in [2.75, 3.05) is 31.3 Å². The number of rotatable bonds is 8. The average Bonchev–Trinajstić information content (AvgIpc) is 3.24. The molecule has 0 bridgehead atoms. The first-order valence-corrected chi connectivity index (χ1v) is 11.7. The Kier molecular flexibility index (Phi) is 6.98. The summed E-state index contributed by atoms with van der Waals surface area (Å²) >= 11 is 1.49. The van der Waals surface area contributed by atoms with Gasteiger partial charge in [0.05, 0.1) is 17.8 Å². The van der Waals surface area contributed by atoms with Crippen molar-refractivity contribution in [1.82, 2.24) is 4.31 Å². The summed E-state index contributed by atoms with van der Waals surface area (Å²) in [5.74, 6) is 1.59. The zero-order chi connectivity index (χ0) is 20.0. The standard InChI is InChI=1S/C20H24N2O4S2/c1-26-18-8-4-6-16(12-18)14-27-15-20(23)21-17-7-5-9-19(13-17)28(24,25)22-10-2-3-11-22/h4-9,12-13H,2-3,10-11,14-15H2,1H3,(H,21,23). The third-order valence-electron chi connectivity index (χ3n) is 4.46. The molecule has 0 aliphatic carbocycles. The van der Waals surface area contributed by atoms with Crippen molar-refractivity contribution < 1.29 is 17.9 Å². The van der Waals surface area contributed by atoms with Crippen LogP contribution in [0.5, 0.6) is 5.75 Å². The normalized spacial score (nSPS) is 14.8. The van der Waals surface area contributed by atoms with Crippen molar-refractivity contribution in [1.29, 1.82) is 0 Å². The number of methoxy groups -OCH3 is 1. The maximum Gasteiger partial charge on any atom is 0.243 e. The molecule has 8 heteroatoms. The second kappa shape index (κ2) is 9.45. The second-order valence-corrected chi connectivity index (χ2v) is 9.46. The molecule has 28 heavy (non-hydrogen) atoms. The number of amides is 1. The number of thioether (sulfide) groups is 1. The first-order valence-electron chi connectivity index (χ1n) is 9.10. The molecule has 1 saturated heterocycles. The fourth-order valence-corrected chi connectivity index (χ4v) is 5.37. The lowest BCUT2D eigenvalue weighted by molar-refractivity contribution is -0.113. The lowest BCUT2D eigenvalue weighted by Crippen LogP contribution is -2.28. The molecule has 0 aromatic heterocycles. The molecule has 6 nitrogen and oxygen atoms in total. The van der Waals surface area contributed by atoms with Crippen molar-refractivity contribution in [3.8, 4) is 5.75 Å². The summed E-state index contributed by atoms with van der Waals surface area (Å²) in [6, 6.07) is 14.2. The van der Waals surface area contributed by atoms with Crippen LogP contribution in [-0.4, -0.2) is 44.6 Å². The van der Waals surface area contributed by atoms with Gasteiger partial charge < -0.3 is 10.1 Å². The molecule has 1 aliphatic rings. The predicted molar refractivity (Wildman–Crippen MR) is 112 cm³/mol. The summed E-state index contributed by atoms with van der Waals surface area (Å²) < 4.78 is 32.0. The van der Waals surface area contributed by atoms with Crippen LogP contribution in [-0.2, 0) is 20.6 Å². The number of hydrogen-bond acceptors (Lipinski definition) is 5. The number of carbonyl (C=O) groups is 1. The molecule has 2 aromatic rings. The Balaban J connectivity index is 1.55. The molecule has 2 aromatic carbocycles. The third kappa shape index (κ3) is 5.27. The molecule has 1 aliphatic heterocycles. The van der Waals surface area contributed by atoms with Crippen molar-refractivity contribution in [2.24, 2.45) is 0 Å². The molecular formula is C20H24N2O4S2. The number of hydrogen-bond donors (Lipinski definition) is 1. The van der Waals surface area contributed by atoms with Gasteiger partial charge in [0, 0.05) is 24.5 Å². The van der Waals surface area contributed by atoms with Gasteiger partial charge in [-0.05, 0) is 48.7 Å². The lowest BCUT2D eigenvalue weighted by atomic mass is 10.2. The van der Waals surface area contributed by atoms with Gasteiger partial charge in [-0.2, -0.15) is 4.31 Å². The molecule has 0 atom stereocenters. The highest BCUT2D eigenvalue weighted by atomic mass is 32.2. The fraction of sp³-hybridized carbons (Fsp3) is 0.350. The van der Waals surface area contributed by atoms with Crippen LogP contribution in [0, 0.1) is 0 Å². The molecule has 0 saturated carbocycles. The van der Waals surface area contributed by atoms with E-state index in [1.807, 2.05) is 24.3 Å². The van der Waals surface area contributed by atoms with E-state index < -0.39 is 10.0 Å². The van der Waals surface area contributed by atoms with Gasteiger partial charge in [-0.25, -0.2) is 8.42 Å². The van der Waals surface area contributed by atoms with Crippen LogP contribution >= 0.6 is 11.8 Å². The number of anilines is 1. The minimum absolute atomic E-state index is 0.163. The number of benzene rings is 2. The Morgan fingerprint density at radius 1 is 1.14 bits per heavy atom. The van der Waals surface area contributed by atoms with E-state index in [0.717, 1.165) is 24.2 Å². The van der Waals surface area contributed by atoms with Gasteiger partial charge in [-0.1, -0.05) is 18.2 Å². The molecule has 1 fully saturated rings. The SMILES string of the molecule is COc1cccc(CSCC(=O)Nc2cccc(S(=O)(=O)N3CCCC3)c2)c1. The summed E-state index contributed by atoms with van der Waals surface area (Å²) in [5.41, 5.74) is 1.57. The van der Waals surface area contributed by atoms with Crippen molar-refractivity contribution in [3.05, 3.63) is 54.1 Å². The zero-order valence-corrected chi connectivity index (χ0v) is 17.4. The second-order valence-electron chi connectivity index (χ2n) is 6.53. The third-order valence-corrected chi connectivity index (χ3v) is 7.36. The number of carbonyl (C=O) groups excluding carboxylic acids is 1. The Morgan fingerprint density at radius 3 is 2.64 bits per heavy atom. The quantitative estimate of drug-likeness (QED) is 0.709. The van der Waals surface area contributed by atoms with Gasteiger partial charge in [0.2, 0.25) is 15.9 Å². The van der Waals surface area contributed by atoms with Gasteiger partial charge in [0.1, 0.15) is 5.75 Å². The maximum absolute atomic E-state index is 12.7. The average molecular weight is 421 g/mol. The van der Waals surface area contributed by atoms with Gasteiger partial charge in [-0.15, -0.1) is 11.8 Å². The Labute approximate surface area is 170 Å². The molecule has 0 unspecified atom stereocenters. The van der Waals surface area contributed by atoms with Gasteiger partial charge in [0.25, 0.3) is 0 Å². The Morgan fingerprint density at radius 2 is 1.89 bits per heavy atom. The molecule has 0 spiro atoms. The molecule has 1 N–H and O–H groups in total. The summed E-state index contributed by atoms with van der Waals surface area (Å²) in [6.45, 7) is 1.11. The molecular weight excluding hydrogens is 396 g/mol. The van der Waals surface area contributed by atoms with E-state index >= 15 is 0 Å². The summed E-state index contributed by atoms with van der Waals surface area (Å²) in [5, 5.41) is 2.79. The van der Waals surface area contributed by atoms with Crippen LogP contribution in [0.2, 0.25) is 0 Å². The van der Waals surface area contributed by atoms with Gasteiger partial charge in [0.15, 0.2) is 0 Å². The monoisotopic (exact) mass is 420 g/mol. The van der Waals surface area contributed by atoms with Crippen molar-refractivity contribution in [2.45, 2.75) is 23.5 Å². The van der Waals surface area contributed by atoms with Gasteiger partial charge in [-0.3, -0.25) is 4.79 Å². The van der Waals surface area contributed by atoms with Gasteiger partial charge >= 0.3 is 0 Å². The Bertz CT molecular complexity index is 925. The van der Waals surface area contributed by atoms with Crippen LogP contribution in [0.3, 0.4) is 0 Å². The smallest absolute Gasteiger partial charge is 0.243 e. The summed E-state index contributed by atoms with van der Waals surface area (Å²) in [4.78, 5) is 12.4. The molecule has 3 rings (SSSR count). The van der Waals surface area contributed by atoms with E-state index in [4.69, 9.17) is 4.74 Å². The number of sulfonamides is 1. The topological polar surface area (TPSA) is 75.7 Å². The molecule has 1 heterocycles. The minimum atomic E-state index is -3.49. The first kappa shape index (κ1) is 20.7. The van der Waals surface area contributed by atoms with Crippen LogP contribution in [0.1, 0.15) is 18.4 Å². The van der Waals surface area contributed by atoms with E-state index in [-0.39, 0.29) is 16.6 Å². The van der Waals surface area contributed by atoms with E-state index in [1.165, 1.54) is 22.1 Å².